The molecule has 3 fully saturated rings. The summed E-state index contributed by atoms with van der Waals surface area (Å²) in [6.45, 7) is 12.0. The van der Waals surface area contributed by atoms with Crippen LogP contribution in [0, 0.1) is 0 Å². The van der Waals surface area contributed by atoms with E-state index in [0.29, 0.717) is 6.61 Å². The Labute approximate surface area is 125 Å². The summed E-state index contributed by atoms with van der Waals surface area (Å²) in [5.74, 6) is -1.34. The first-order valence-electron chi connectivity index (χ1n) is 7.26. The van der Waals surface area contributed by atoms with E-state index in [9.17, 15) is 0 Å². The van der Waals surface area contributed by atoms with Crippen molar-refractivity contribution in [1.29, 1.82) is 0 Å². The van der Waals surface area contributed by atoms with Crippen molar-refractivity contribution in [3.63, 3.8) is 0 Å². The highest BCUT2D eigenvalue weighted by Crippen LogP contribution is 2.42. The summed E-state index contributed by atoms with van der Waals surface area (Å²) in [5, 5.41) is 0. The summed E-state index contributed by atoms with van der Waals surface area (Å²) in [4.78, 5) is 0. The van der Waals surface area contributed by atoms with Gasteiger partial charge in [0, 0.05) is 7.11 Å². The van der Waals surface area contributed by atoms with Gasteiger partial charge in [-0.3, -0.25) is 0 Å². The van der Waals surface area contributed by atoms with Gasteiger partial charge in [0.25, 0.3) is 0 Å². The third-order valence-electron chi connectivity index (χ3n) is 4.02. The predicted octanol–water partition coefficient (Wildman–Crippen LogP) is 1.59. The van der Waals surface area contributed by atoms with Crippen LogP contribution in [0.2, 0.25) is 0 Å². The van der Waals surface area contributed by atoms with Crippen LogP contribution < -0.4 is 0 Å². The minimum Gasteiger partial charge on any atom is -0.376 e. The van der Waals surface area contributed by atoms with E-state index in [1.54, 1.807) is 7.11 Å². The Balaban J connectivity index is 1.79. The highest BCUT2D eigenvalue weighted by molar-refractivity contribution is 5.13. The average Bonchev–Trinajstić information content (AvgIpc) is 2.83. The monoisotopic (exact) mass is 300 g/mol. The molecule has 0 aromatic carbocycles. The van der Waals surface area contributed by atoms with Gasteiger partial charge in [0.1, 0.15) is 24.4 Å². The number of hydrogen-bond donors (Lipinski definition) is 0. The van der Waals surface area contributed by atoms with Crippen LogP contribution in [0.1, 0.15) is 27.7 Å². The SMILES string of the molecule is C=C1COC(C)(C)O[C@@H]1[C@H]1O[C@@H]2OC(C)(C)O[C@@H]2[C@H]1OC. The number of methoxy groups -OCH3 is 1. The maximum Gasteiger partial charge on any atom is 0.190 e. The molecule has 0 aromatic rings. The lowest BCUT2D eigenvalue weighted by molar-refractivity contribution is -0.288. The summed E-state index contributed by atoms with van der Waals surface area (Å²) in [6, 6.07) is 0. The smallest absolute Gasteiger partial charge is 0.190 e. The van der Waals surface area contributed by atoms with Gasteiger partial charge in [0.15, 0.2) is 17.9 Å². The highest BCUT2D eigenvalue weighted by Gasteiger charge is 2.58. The molecule has 0 amide bonds. The summed E-state index contributed by atoms with van der Waals surface area (Å²) >= 11 is 0. The molecular formula is C15H24O6. The molecule has 3 rings (SSSR count). The first-order chi connectivity index (χ1) is 9.72. The van der Waals surface area contributed by atoms with E-state index in [1.807, 2.05) is 27.7 Å². The van der Waals surface area contributed by atoms with Crippen LogP contribution in [-0.2, 0) is 28.4 Å². The van der Waals surface area contributed by atoms with Gasteiger partial charge in [-0.05, 0) is 33.3 Å². The maximum atomic E-state index is 6.01. The second-order valence-electron chi connectivity index (χ2n) is 6.65. The molecule has 3 aliphatic rings. The Bertz CT molecular complexity index is 432. The minimum atomic E-state index is -0.674. The molecule has 0 N–H and O–H groups in total. The maximum absolute atomic E-state index is 6.01. The van der Waals surface area contributed by atoms with Gasteiger partial charge >= 0.3 is 0 Å². The van der Waals surface area contributed by atoms with Gasteiger partial charge in [0.2, 0.25) is 0 Å². The topological polar surface area (TPSA) is 55.4 Å². The lowest BCUT2D eigenvalue weighted by Crippen LogP contribution is -2.51. The van der Waals surface area contributed by atoms with E-state index >= 15 is 0 Å². The summed E-state index contributed by atoms with van der Waals surface area (Å²) in [6.07, 6.45) is -1.61. The number of rotatable bonds is 2. The molecule has 0 saturated carbocycles. The van der Waals surface area contributed by atoms with E-state index in [2.05, 4.69) is 6.58 Å². The normalized spacial score (nSPS) is 44.8. The second-order valence-corrected chi connectivity index (χ2v) is 6.65. The van der Waals surface area contributed by atoms with E-state index in [-0.39, 0.29) is 24.4 Å². The molecule has 3 aliphatic heterocycles. The molecule has 5 atom stereocenters. The fraction of sp³-hybridized carbons (Fsp3) is 0.867. The van der Waals surface area contributed by atoms with Gasteiger partial charge in [0.05, 0.1) is 6.61 Å². The van der Waals surface area contributed by atoms with Crippen LogP contribution >= 0.6 is 0 Å². The molecule has 21 heavy (non-hydrogen) atoms. The van der Waals surface area contributed by atoms with Crippen molar-refractivity contribution < 1.29 is 28.4 Å². The molecule has 0 unspecified atom stereocenters. The quantitative estimate of drug-likeness (QED) is 0.722. The Hall–Kier alpha value is -0.500. The van der Waals surface area contributed by atoms with Crippen molar-refractivity contribution in [2.24, 2.45) is 0 Å². The van der Waals surface area contributed by atoms with Crippen molar-refractivity contribution >= 4 is 0 Å². The van der Waals surface area contributed by atoms with Gasteiger partial charge < -0.3 is 28.4 Å². The zero-order valence-corrected chi connectivity index (χ0v) is 13.3. The molecule has 6 heteroatoms. The highest BCUT2D eigenvalue weighted by atomic mass is 16.8. The molecular weight excluding hydrogens is 276 g/mol. The molecule has 0 radical (unpaired) electrons. The first-order valence-corrected chi connectivity index (χ1v) is 7.26. The van der Waals surface area contributed by atoms with Crippen LogP contribution in [0.15, 0.2) is 12.2 Å². The molecule has 0 spiro atoms. The standard InChI is InChI=1S/C15H24O6/c1-8-7-17-14(2,3)19-9(8)11-10(16-6)12-13(18-11)21-15(4,5)20-12/h9-13H,1,7H2,2-6H3/t9-,10-,11+,12+,13+/m0/s1. The van der Waals surface area contributed by atoms with Crippen molar-refractivity contribution in [2.45, 2.75) is 70.0 Å². The van der Waals surface area contributed by atoms with E-state index < -0.39 is 17.9 Å². The zero-order chi connectivity index (χ0) is 15.4. The molecule has 0 aliphatic carbocycles. The Morgan fingerprint density at radius 1 is 1.05 bits per heavy atom. The molecule has 0 bridgehead atoms. The number of ether oxygens (including phenoxy) is 6. The fourth-order valence-electron chi connectivity index (χ4n) is 3.09. The summed E-state index contributed by atoms with van der Waals surface area (Å²) < 4.78 is 34.9. The Morgan fingerprint density at radius 3 is 2.43 bits per heavy atom. The van der Waals surface area contributed by atoms with Crippen LogP contribution in [-0.4, -0.2) is 56.0 Å². The fourth-order valence-corrected chi connectivity index (χ4v) is 3.09. The Kier molecular flexibility index (Phi) is 3.67. The summed E-state index contributed by atoms with van der Waals surface area (Å²) in [5.41, 5.74) is 0.834. The number of hydrogen-bond acceptors (Lipinski definition) is 6. The molecule has 120 valence electrons. The van der Waals surface area contributed by atoms with Crippen molar-refractivity contribution in [1.82, 2.24) is 0 Å². The third-order valence-corrected chi connectivity index (χ3v) is 4.02. The van der Waals surface area contributed by atoms with Gasteiger partial charge in [-0.2, -0.15) is 0 Å². The van der Waals surface area contributed by atoms with Gasteiger partial charge in [-0.25, -0.2) is 0 Å². The predicted molar refractivity (Wildman–Crippen MR) is 73.5 cm³/mol. The zero-order valence-electron chi connectivity index (χ0n) is 13.3. The second kappa shape index (κ2) is 5.01. The van der Waals surface area contributed by atoms with Crippen LogP contribution in [0.4, 0.5) is 0 Å². The van der Waals surface area contributed by atoms with Gasteiger partial charge in [-0.15, -0.1) is 0 Å². The number of fused-ring (bicyclic) bond motifs is 1. The minimum absolute atomic E-state index is 0.266. The van der Waals surface area contributed by atoms with Crippen LogP contribution in [0.25, 0.3) is 0 Å². The van der Waals surface area contributed by atoms with E-state index in [0.717, 1.165) is 5.57 Å². The van der Waals surface area contributed by atoms with Crippen molar-refractivity contribution in [3.05, 3.63) is 12.2 Å². The lowest BCUT2D eigenvalue weighted by atomic mass is 9.99. The van der Waals surface area contributed by atoms with Crippen LogP contribution in [0.5, 0.6) is 0 Å². The molecule has 3 saturated heterocycles. The molecule has 3 heterocycles. The van der Waals surface area contributed by atoms with Gasteiger partial charge in [-0.1, -0.05) is 6.58 Å². The van der Waals surface area contributed by atoms with Crippen molar-refractivity contribution in [3.8, 4) is 0 Å². The summed E-state index contributed by atoms with van der Waals surface area (Å²) in [7, 11) is 1.64. The first kappa shape index (κ1) is 15.4. The molecule has 6 nitrogen and oxygen atoms in total. The van der Waals surface area contributed by atoms with E-state index in [4.69, 9.17) is 28.4 Å². The largest absolute Gasteiger partial charge is 0.376 e. The Morgan fingerprint density at radius 2 is 1.76 bits per heavy atom. The third kappa shape index (κ3) is 2.76. The average molecular weight is 300 g/mol. The molecule has 0 aromatic heterocycles. The lowest BCUT2D eigenvalue weighted by Gasteiger charge is -2.41. The van der Waals surface area contributed by atoms with Crippen molar-refractivity contribution in [2.75, 3.05) is 13.7 Å². The van der Waals surface area contributed by atoms with E-state index in [1.165, 1.54) is 0 Å². The van der Waals surface area contributed by atoms with Crippen LogP contribution in [0.3, 0.4) is 0 Å².